The van der Waals surface area contributed by atoms with Crippen LogP contribution in [0.4, 0.5) is 0 Å². The summed E-state index contributed by atoms with van der Waals surface area (Å²) in [6, 6.07) is 4.54. The summed E-state index contributed by atoms with van der Waals surface area (Å²) in [6.07, 6.45) is 30.7. The molecule has 5 atom stereocenters. The van der Waals surface area contributed by atoms with Gasteiger partial charge < -0.3 is 34.1 Å². The summed E-state index contributed by atoms with van der Waals surface area (Å²) in [7, 11) is 1.49. The lowest BCUT2D eigenvalue weighted by atomic mass is 9.88. The average Bonchev–Trinajstić information content (AvgIpc) is 3.23. The summed E-state index contributed by atoms with van der Waals surface area (Å²) in [5, 5.41) is 13.2. The smallest absolute Gasteiger partial charge is 0.306 e. The molecule has 58 heavy (non-hydrogen) atoms. The highest BCUT2D eigenvalue weighted by Gasteiger charge is 2.47. The molecule has 0 aliphatic carbocycles. The van der Waals surface area contributed by atoms with Gasteiger partial charge in [0.15, 0.2) is 17.8 Å². The standard InChI is InChI=1S/C49H87NO8/c1-6-9-12-15-18-21-22-23-24-27-30-33-45(52)58-47-40(4)44(39-51)57-49(54-5)46(47)50-48(53)41-34-35-42(55-36-31-28-25-19-16-13-10-7-2)43(38-41)56-37-32-29-26-20-17-14-11-8-3/h34-35,38,40,44,46-47,49,51H,6-33,36-37,39H2,1-5H3,(H,50,53)/t40-,44-,46-,47+,49+/m1/s1. The lowest BCUT2D eigenvalue weighted by Gasteiger charge is -2.44. The Bertz CT molecular complexity index is 1160. The first-order valence-electron chi connectivity index (χ1n) is 24.1. The van der Waals surface area contributed by atoms with E-state index in [1.54, 1.807) is 12.1 Å². The second-order valence-electron chi connectivity index (χ2n) is 16.9. The molecule has 0 unspecified atom stereocenters. The van der Waals surface area contributed by atoms with Gasteiger partial charge in [0, 0.05) is 25.0 Å². The van der Waals surface area contributed by atoms with Gasteiger partial charge in [0.25, 0.3) is 5.91 Å². The fraction of sp³-hybridized carbons (Fsp3) is 0.837. The van der Waals surface area contributed by atoms with Gasteiger partial charge in [-0.15, -0.1) is 0 Å². The molecule has 9 nitrogen and oxygen atoms in total. The summed E-state index contributed by atoms with van der Waals surface area (Å²) < 4.78 is 30.4. The van der Waals surface area contributed by atoms with Gasteiger partial charge in [-0.25, -0.2) is 0 Å². The van der Waals surface area contributed by atoms with E-state index in [0.29, 0.717) is 36.7 Å². The first kappa shape index (κ1) is 51.8. The number of ether oxygens (including phenoxy) is 5. The molecule has 1 amide bonds. The van der Waals surface area contributed by atoms with Gasteiger partial charge in [-0.2, -0.15) is 0 Å². The molecule has 2 N–H and O–H groups in total. The van der Waals surface area contributed by atoms with E-state index in [2.05, 4.69) is 26.1 Å². The monoisotopic (exact) mass is 818 g/mol. The molecule has 0 aromatic heterocycles. The number of rotatable bonds is 37. The first-order valence-corrected chi connectivity index (χ1v) is 24.1. The minimum atomic E-state index is -0.913. The second kappa shape index (κ2) is 34.4. The molecule has 0 spiro atoms. The number of amides is 1. The number of carbonyl (C=O) groups is 2. The molecule has 1 aromatic rings. The highest BCUT2D eigenvalue weighted by Crippen LogP contribution is 2.32. The van der Waals surface area contributed by atoms with Crippen molar-refractivity contribution < 1.29 is 38.4 Å². The molecule has 1 aromatic carbocycles. The Kier molecular flexibility index (Phi) is 30.7. The van der Waals surface area contributed by atoms with Gasteiger partial charge in [-0.05, 0) is 37.5 Å². The van der Waals surface area contributed by atoms with E-state index in [1.807, 2.05) is 13.0 Å². The number of carbonyl (C=O) groups excluding carboxylic acids is 2. The minimum Gasteiger partial charge on any atom is -0.490 e. The largest absolute Gasteiger partial charge is 0.490 e. The third kappa shape index (κ3) is 22.3. The number of methoxy groups -OCH3 is 1. The van der Waals surface area contributed by atoms with Crippen LogP contribution in [0.15, 0.2) is 18.2 Å². The molecule has 0 saturated carbocycles. The normalized spacial score (nSPS) is 19.2. The summed E-state index contributed by atoms with van der Waals surface area (Å²) in [5.41, 5.74) is 0.406. The predicted octanol–water partition coefficient (Wildman–Crippen LogP) is 12.4. The van der Waals surface area contributed by atoms with Crippen LogP contribution in [-0.4, -0.2) is 68.5 Å². The molecule has 0 radical (unpaired) electrons. The van der Waals surface area contributed by atoms with Crippen molar-refractivity contribution >= 4 is 11.9 Å². The highest BCUT2D eigenvalue weighted by molar-refractivity contribution is 5.95. The number of esters is 1. The number of hydrogen-bond acceptors (Lipinski definition) is 8. The molecule has 1 fully saturated rings. The van der Waals surface area contributed by atoms with Gasteiger partial charge in [-0.3, -0.25) is 9.59 Å². The van der Waals surface area contributed by atoms with Crippen LogP contribution in [-0.2, 0) is 19.0 Å². The van der Waals surface area contributed by atoms with E-state index in [9.17, 15) is 14.7 Å². The van der Waals surface area contributed by atoms with Crippen LogP contribution in [0.5, 0.6) is 11.5 Å². The maximum absolute atomic E-state index is 14.0. The van der Waals surface area contributed by atoms with Crippen LogP contribution in [0.25, 0.3) is 0 Å². The van der Waals surface area contributed by atoms with Crippen molar-refractivity contribution in [2.24, 2.45) is 5.92 Å². The van der Waals surface area contributed by atoms with E-state index in [-0.39, 0.29) is 24.4 Å². The Morgan fingerprint density at radius 2 is 1.09 bits per heavy atom. The fourth-order valence-electron chi connectivity index (χ4n) is 7.91. The van der Waals surface area contributed by atoms with E-state index in [0.717, 1.165) is 44.9 Å². The highest BCUT2D eigenvalue weighted by atomic mass is 16.7. The summed E-state index contributed by atoms with van der Waals surface area (Å²) >= 11 is 0. The van der Waals surface area contributed by atoms with Gasteiger partial charge in [-0.1, -0.05) is 182 Å². The number of aliphatic hydroxyl groups excluding tert-OH is 1. The maximum atomic E-state index is 14.0. The topological polar surface area (TPSA) is 113 Å². The molecule has 1 saturated heterocycles. The summed E-state index contributed by atoms with van der Waals surface area (Å²) in [6.45, 7) is 9.50. The SMILES string of the molecule is CCCCCCCCCCCCCC(=O)O[C@H]1[C@H](C)[C@@H](CO)O[C@H](OC)[C@@H]1NC(=O)c1ccc(OCCCCCCCCCC)c(OCCCCCCCCCC)c1. The van der Waals surface area contributed by atoms with E-state index < -0.39 is 24.5 Å². The number of benzene rings is 1. The van der Waals surface area contributed by atoms with Crippen molar-refractivity contribution in [2.75, 3.05) is 26.9 Å². The van der Waals surface area contributed by atoms with E-state index >= 15 is 0 Å². The van der Waals surface area contributed by atoms with Crippen molar-refractivity contribution in [3.05, 3.63) is 23.8 Å². The Labute approximate surface area is 354 Å². The lowest BCUT2D eigenvalue weighted by Crippen LogP contribution is -2.62. The van der Waals surface area contributed by atoms with Crippen LogP contribution >= 0.6 is 0 Å². The van der Waals surface area contributed by atoms with Crippen LogP contribution in [0, 0.1) is 5.92 Å². The Hall–Kier alpha value is -2.36. The third-order valence-corrected chi connectivity index (χ3v) is 11.7. The molecule has 0 bridgehead atoms. The Balaban J connectivity index is 2.03. The number of hydrogen-bond donors (Lipinski definition) is 2. The fourth-order valence-corrected chi connectivity index (χ4v) is 7.91. The minimum absolute atomic E-state index is 0.256. The quantitative estimate of drug-likeness (QED) is 0.0504. The first-order chi connectivity index (χ1) is 28.4. The van der Waals surface area contributed by atoms with Crippen LogP contribution in [0.3, 0.4) is 0 Å². The zero-order chi connectivity index (χ0) is 42.1. The van der Waals surface area contributed by atoms with E-state index in [1.165, 1.54) is 136 Å². The Morgan fingerprint density at radius 1 is 0.638 bits per heavy atom. The lowest BCUT2D eigenvalue weighted by molar-refractivity contribution is -0.249. The summed E-state index contributed by atoms with van der Waals surface area (Å²) in [4.78, 5) is 27.2. The van der Waals surface area contributed by atoms with Crippen LogP contribution in [0.1, 0.15) is 218 Å². The predicted molar refractivity (Wildman–Crippen MR) is 237 cm³/mol. The number of aliphatic hydroxyl groups is 1. The van der Waals surface area contributed by atoms with Gasteiger partial charge >= 0.3 is 5.97 Å². The number of unbranched alkanes of at least 4 members (excludes halogenated alkanes) is 24. The van der Waals surface area contributed by atoms with Crippen molar-refractivity contribution in [1.29, 1.82) is 0 Å². The molecular formula is C49H87NO8. The second-order valence-corrected chi connectivity index (χ2v) is 16.9. The maximum Gasteiger partial charge on any atom is 0.306 e. The van der Waals surface area contributed by atoms with Crippen LogP contribution < -0.4 is 14.8 Å². The molecule has 1 aliphatic rings. The van der Waals surface area contributed by atoms with Gasteiger partial charge in [0.2, 0.25) is 0 Å². The van der Waals surface area contributed by atoms with Crippen molar-refractivity contribution in [2.45, 2.75) is 232 Å². The zero-order valence-corrected chi connectivity index (χ0v) is 37.8. The Morgan fingerprint density at radius 3 is 1.55 bits per heavy atom. The zero-order valence-electron chi connectivity index (χ0n) is 37.8. The van der Waals surface area contributed by atoms with Crippen molar-refractivity contribution in [1.82, 2.24) is 5.32 Å². The number of nitrogens with one attached hydrogen (secondary N) is 1. The van der Waals surface area contributed by atoms with Crippen LogP contribution in [0.2, 0.25) is 0 Å². The molecule has 2 rings (SSSR count). The molecule has 1 aliphatic heterocycles. The third-order valence-electron chi connectivity index (χ3n) is 11.7. The molecule has 1 heterocycles. The average molecular weight is 818 g/mol. The van der Waals surface area contributed by atoms with E-state index in [4.69, 9.17) is 23.7 Å². The van der Waals surface area contributed by atoms with Crippen molar-refractivity contribution in [3.8, 4) is 11.5 Å². The summed E-state index contributed by atoms with van der Waals surface area (Å²) in [5.74, 6) is 0.157. The van der Waals surface area contributed by atoms with Crippen molar-refractivity contribution in [3.63, 3.8) is 0 Å². The molecule has 9 heteroatoms. The van der Waals surface area contributed by atoms with Gasteiger partial charge in [0.05, 0.1) is 25.9 Å². The molecular weight excluding hydrogens is 731 g/mol. The molecule has 336 valence electrons. The van der Waals surface area contributed by atoms with Gasteiger partial charge in [0.1, 0.15) is 12.1 Å².